The predicted octanol–water partition coefficient (Wildman–Crippen LogP) is 6.76. The number of carbonyl (C=O) groups excluding carboxylic acids is 3. The van der Waals surface area contributed by atoms with Gasteiger partial charge in [0.2, 0.25) is 0 Å². The lowest BCUT2D eigenvalue weighted by Gasteiger charge is -2.35. The molecule has 1 atom stereocenters. The lowest BCUT2D eigenvalue weighted by molar-refractivity contribution is -0.147. The number of aryl methyl sites for hydroxylation is 2. The van der Waals surface area contributed by atoms with Gasteiger partial charge in [0.25, 0.3) is 5.91 Å². The molecular weight excluding hydrogens is 768 g/mol. The molecule has 2 amide bonds. The Morgan fingerprint density at radius 2 is 1.77 bits per heavy atom. The topological polar surface area (TPSA) is 153 Å². The van der Waals surface area contributed by atoms with E-state index in [0.29, 0.717) is 50.1 Å². The smallest absolute Gasteiger partial charge is 0.408 e. The minimum Gasteiger partial charge on any atom is -0.497 e. The molecule has 2 aromatic heterocycles. The molecular formula is C41H53ClN8O6S. The first-order valence-corrected chi connectivity index (χ1v) is 19.8. The van der Waals surface area contributed by atoms with E-state index in [9.17, 15) is 14.4 Å². The maximum absolute atomic E-state index is 13.6. The van der Waals surface area contributed by atoms with Crippen molar-refractivity contribution in [3.8, 4) is 5.75 Å². The molecule has 0 bridgehead atoms. The fourth-order valence-electron chi connectivity index (χ4n) is 5.82. The van der Waals surface area contributed by atoms with E-state index < -0.39 is 36.8 Å². The number of nitrogens with one attached hydrogen (secondary N) is 2. The number of esters is 1. The molecule has 0 aliphatic carbocycles. The average Bonchev–Trinajstić information content (AvgIpc) is 3.56. The van der Waals surface area contributed by atoms with Crippen molar-refractivity contribution in [2.24, 2.45) is 10.9 Å². The summed E-state index contributed by atoms with van der Waals surface area (Å²) in [5, 5.41) is 5.80. The summed E-state index contributed by atoms with van der Waals surface area (Å²) in [6.45, 7) is 7.43. The molecule has 1 saturated heterocycles. The highest BCUT2D eigenvalue weighted by molar-refractivity contribution is 7.11. The van der Waals surface area contributed by atoms with Crippen LogP contribution in [0.4, 0.5) is 22.1 Å². The Balaban J connectivity index is 1.34. The van der Waals surface area contributed by atoms with Crippen molar-refractivity contribution in [1.29, 1.82) is 0 Å². The summed E-state index contributed by atoms with van der Waals surface area (Å²) in [7, 11) is 1.60. The van der Waals surface area contributed by atoms with E-state index in [0.717, 1.165) is 11.1 Å². The molecule has 0 spiro atoms. The normalized spacial score (nSPS) is 15.9. The van der Waals surface area contributed by atoms with Gasteiger partial charge < -0.3 is 34.3 Å². The summed E-state index contributed by atoms with van der Waals surface area (Å²) >= 11 is 7.60. The Bertz CT molecular complexity index is 2250. The third-order valence-corrected chi connectivity index (χ3v) is 9.91. The van der Waals surface area contributed by atoms with Crippen molar-refractivity contribution in [3.63, 3.8) is 0 Å². The summed E-state index contributed by atoms with van der Waals surface area (Å²) in [5.74, 6) is 0.450. The van der Waals surface area contributed by atoms with Crippen molar-refractivity contribution in [2.75, 3.05) is 56.6 Å². The zero-order chi connectivity index (χ0) is 44.9. The number of hydrogen-bond acceptors (Lipinski definition) is 12. The van der Waals surface area contributed by atoms with Crippen LogP contribution in [0.1, 0.15) is 73.1 Å². The number of piperazine rings is 1. The number of alkyl carbamates (subject to hydrolysis) is 1. The molecule has 57 heavy (non-hydrogen) atoms. The molecule has 0 unspecified atom stereocenters. The highest BCUT2D eigenvalue weighted by atomic mass is 35.5. The number of ether oxygens (including phenoxy) is 3. The Labute approximate surface area is 348 Å². The third kappa shape index (κ3) is 12.8. The predicted molar refractivity (Wildman–Crippen MR) is 223 cm³/mol. The zero-order valence-corrected chi connectivity index (χ0v) is 35.1. The maximum Gasteiger partial charge on any atom is 0.408 e. The second kappa shape index (κ2) is 19.4. The molecule has 1 aliphatic rings. The fourth-order valence-corrected chi connectivity index (χ4v) is 6.99. The molecule has 2 aromatic carbocycles. The van der Waals surface area contributed by atoms with E-state index >= 15 is 0 Å². The lowest BCUT2D eigenvalue weighted by Crippen LogP contribution is -2.48. The number of aromatic nitrogens is 3. The number of rotatable bonds is 14. The second-order valence-electron chi connectivity index (χ2n) is 14.9. The Morgan fingerprint density at radius 3 is 2.42 bits per heavy atom. The number of anilines is 2. The van der Waals surface area contributed by atoms with Gasteiger partial charge in [-0.3, -0.25) is 9.69 Å². The van der Waals surface area contributed by atoms with Gasteiger partial charge in [-0.2, -0.15) is 0 Å². The molecule has 4 aromatic rings. The van der Waals surface area contributed by atoms with Crippen LogP contribution in [0.3, 0.4) is 0 Å². The maximum atomic E-state index is 13.6. The first kappa shape index (κ1) is 37.6. The van der Waals surface area contributed by atoms with Gasteiger partial charge in [-0.25, -0.2) is 24.5 Å². The van der Waals surface area contributed by atoms with Crippen molar-refractivity contribution in [1.82, 2.24) is 24.8 Å². The number of hydrogen-bond donors (Lipinski definition) is 2. The van der Waals surface area contributed by atoms with Gasteiger partial charge >= 0.3 is 12.1 Å². The summed E-state index contributed by atoms with van der Waals surface area (Å²) in [6.07, 6.45) is 0.984. The second-order valence-corrected chi connectivity index (χ2v) is 16.3. The molecule has 2 N–H and O–H groups in total. The van der Waals surface area contributed by atoms with Crippen molar-refractivity contribution in [2.45, 2.75) is 73.1 Å². The van der Waals surface area contributed by atoms with Gasteiger partial charge in [-0.15, -0.1) is 0 Å². The van der Waals surface area contributed by atoms with Gasteiger partial charge in [0.1, 0.15) is 40.5 Å². The molecule has 3 heterocycles. The van der Waals surface area contributed by atoms with Crippen LogP contribution in [0.25, 0.3) is 0 Å². The lowest BCUT2D eigenvalue weighted by atomic mass is 10.0. The summed E-state index contributed by atoms with van der Waals surface area (Å²) in [5.41, 5.74) is 1.44. The number of amides is 2. The van der Waals surface area contributed by atoms with Crippen molar-refractivity contribution in [3.05, 3.63) is 86.4 Å². The molecule has 0 radical (unpaired) electrons. The molecule has 1 aliphatic heterocycles. The van der Waals surface area contributed by atoms with E-state index in [4.69, 9.17) is 36.3 Å². The minimum absolute atomic E-state index is 0.0569. The van der Waals surface area contributed by atoms with Crippen LogP contribution in [0.5, 0.6) is 5.75 Å². The van der Waals surface area contributed by atoms with Crippen molar-refractivity contribution < 1.29 is 34.1 Å². The summed E-state index contributed by atoms with van der Waals surface area (Å²) in [4.78, 5) is 57.5. The molecule has 0 saturated carbocycles. The number of halogens is 1. The van der Waals surface area contributed by atoms with Gasteiger partial charge in [0.05, 0.1) is 20.6 Å². The Morgan fingerprint density at radius 1 is 1.05 bits per heavy atom. The minimum atomic E-state index is -3.08. The van der Waals surface area contributed by atoms with E-state index in [2.05, 4.69) is 20.6 Å². The van der Waals surface area contributed by atoms with Crippen molar-refractivity contribution >= 4 is 58.2 Å². The summed E-state index contributed by atoms with van der Waals surface area (Å²) in [6, 6.07) is 13.4. The van der Waals surface area contributed by atoms with Gasteiger partial charge in [0.15, 0.2) is 10.6 Å². The highest BCUT2D eigenvalue weighted by Gasteiger charge is 2.27. The Kier molecular flexibility index (Phi) is 12.8. The summed E-state index contributed by atoms with van der Waals surface area (Å²) < 4.78 is 52.3. The van der Waals surface area contributed by atoms with E-state index in [1.165, 1.54) is 16.2 Å². The zero-order valence-electron chi connectivity index (χ0n) is 37.5. The van der Waals surface area contributed by atoms with Crippen LogP contribution in [0.2, 0.25) is 5.02 Å². The quantitative estimate of drug-likeness (QED) is 0.131. The van der Waals surface area contributed by atoms with E-state index in [-0.39, 0.29) is 44.4 Å². The van der Waals surface area contributed by atoms with Crippen LogP contribution >= 0.6 is 22.9 Å². The highest BCUT2D eigenvalue weighted by Crippen LogP contribution is 2.27. The van der Waals surface area contributed by atoms with E-state index in [1.54, 1.807) is 53.1 Å². The van der Waals surface area contributed by atoms with Crippen LogP contribution in [-0.2, 0) is 20.8 Å². The molecule has 306 valence electrons. The van der Waals surface area contributed by atoms with Crippen LogP contribution in [0, 0.1) is 19.8 Å². The third-order valence-electron chi connectivity index (χ3n) is 8.58. The van der Waals surface area contributed by atoms with Gasteiger partial charge in [0, 0.05) is 54.2 Å². The number of thiazole rings is 1. The fraction of sp³-hybridized carbons (Fsp3) is 0.463. The van der Waals surface area contributed by atoms with Crippen LogP contribution < -0.4 is 25.1 Å². The van der Waals surface area contributed by atoms with Gasteiger partial charge in [-0.05, 0) is 76.3 Å². The molecule has 14 nitrogen and oxygen atoms in total. The van der Waals surface area contributed by atoms with Crippen LogP contribution in [-0.4, -0.2) is 95.4 Å². The monoisotopic (exact) mass is 824 g/mol. The SMILES string of the molecule is [2H]C([2H])(OC(=O)[C@H](CC(C)C)NC(=O)OC(C)(C)C)C([2H])([2H])N1CCN(c2cc(/N=c3/sc(C(=O)Nc4c(C)cccc4Cl)cn3Cc3ccc(OC)cc3)nc(C)n2)CC1. The largest absolute Gasteiger partial charge is 0.497 e. The number of carbonyl (C=O) groups is 3. The van der Waals surface area contributed by atoms with E-state index in [1.807, 2.05) is 66.6 Å². The average molecular weight is 825 g/mol. The number of benzene rings is 2. The van der Waals surface area contributed by atoms with Gasteiger partial charge in [-0.1, -0.05) is 61.1 Å². The van der Waals surface area contributed by atoms with Crippen LogP contribution in [0.15, 0.2) is 59.7 Å². The first-order chi connectivity index (χ1) is 28.5. The molecule has 16 heteroatoms. The standard InChI is InChI=1S/C41H53ClN8O6S/c1-26(2)22-32(45-40(53)56-41(5,6)7)38(52)55-21-20-48-16-18-49(19-17-48)35-23-34(43-28(4)44-35)46-39-50(24-29-12-14-30(54-8)15-13-29)25-33(57-39)37(51)47-36-27(3)10-9-11-31(36)42/h9-15,23,25-26,32H,16-22,24H2,1-8H3,(H,45,53)(H,47,51)/b46-39+/t32-/m0/s1/i20D2,21D2. The Hall–Kier alpha value is -4.99. The molecule has 5 rings (SSSR count). The molecule has 1 fully saturated rings. The number of nitrogens with zero attached hydrogens (tertiary/aromatic N) is 6. The number of para-hydroxylation sites is 1. The number of methoxy groups -OCH3 is 1. The first-order valence-electron chi connectivity index (χ1n) is 20.6.